The molecule has 2 bridgehead atoms. The van der Waals surface area contributed by atoms with E-state index >= 15 is 0 Å². The van der Waals surface area contributed by atoms with Crippen LogP contribution >= 0.6 is 10.5 Å². The standard InChI is InChI=1S/C10H18S/c1-6-8(3)11-5-10(6)7(2)9(11)4/h5-10H,1-4H3. The maximum Gasteiger partial charge on any atom is 0.0000528 e. The molecule has 0 radical (unpaired) electrons. The van der Waals surface area contributed by atoms with Crippen LogP contribution in [0.1, 0.15) is 27.7 Å². The van der Waals surface area contributed by atoms with Crippen LogP contribution in [0.4, 0.5) is 0 Å². The molecule has 0 saturated carbocycles. The van der Waals surface area contributed by atoms with Crippen molar-refractivity contribution in [1.82, 2.24) is 0 Å². The zero-order valence-corrected chi connectivity index (χ0v) is 8.69. The average molecular weight is 170 g/mol. The Bertz CT molecular complexity index is 189. The predicted molar refractivity (Wildman–Crippen MR) is 54.4 cm³/mol. The number of rotatable bonds is 0. The maximum atomic E-state index is 2.66. The van der Waals surface area contributed by atoms with Crippen molar-refractivity contribution in [2.75, 3.05) is 0 Å². The average Bonchev–Trinajstić information content (AvgIpc) is 2.40. The molecule has 0 aromatic carbocycles. The van der Waals surface area contributed by atoms with Gasteiger partial charge >= 0.3 is 0 Å². The van der Waals surface area contributed by atoms with Crippen LogP contribution in [0.25, 0.3) is 0 Å². The van der Waals surface area contributed by atoms with Crippen LogP contribution in [0.2, 0.25) is 0 Å². The predicted octanol–water partition coefficient (Wildman–Crippen LogP) is 2.75. The zero-order chi connectivity index (χ0) is 8.17. The highest BCUT2D eigenvalue weighted by molar-refractivity contribution is 8.16. The van der Waals surface area contributed by atoms with Gasteiger partial charge < -0.3 is 0 Å². The summed E-state index contributed by atoms with van der Waals surface area (Å²) >= 11 is 0. The van der Waals surface area contributed by atoms with Gasteiger partial charge in [-0.1, -0.05) is 33.1 Å². The van der Waals surface area contributed by atoms with E-state index in [4.69, 9.17) is 0 Å². The molecule has 64 valence electrons. The minimum atomic E-state index is 0.665. The first kappa shape index (κ1) is 7.85. The van der Waals surface area contributed by atoms with Crippen molar-refractivity contribution in [1.29, 1.82) is 0 Å². The second-order valence-electron chi connectivity index (χ2n) is 4.25. The molecule has 2 heterocycles. The van der Waals surface area contributed by atoms with E-state index in [1.807, 2.05) is 0 Å². The first-order valence-electron chi connectivity index (χ1n) is 4.68. The molecule has 2 aliphatic heterocycles. The van der Waals surface area contributed by atoms with Crippen LogP contribution in [0.3, 0.4) is 0 Å². The molecule has 4 unspecified atom stereocenters. The lowest BCUT2D eigenvalue weighted by Crippen LogP contribution is -2.31. The Hall–Kier alpha value is 0.220. The summed E-state index contributed by atoms with van der Waals surface area (Å²) < 4.78 is 0. The van der Waals surface area contributed by atoms with Crippen molar-refractivity contribution in [3.05, 3.63) is 0 Å². The van der Waals surface area contributed by atoms with Crippen LogP contribution in [0.15, 0.2) is 0 Å². The smallest absolute Gasteiger partial charge is 0.0000528 e. The first-order chi connectivity index (χ1) is 5.13. The summed E-state index contributed by atoms with van der Waals surface area (Å²) in [6.07, 6.45) is 0. The van der Waals surface area contributed by atoms with Crippen LogP contribution in [-0.2, 0) is 0 Å². The normalized spacial score (nSPS) is 61.5. The minimum Gasteiger partial charge on any atom is -0.183 e. The Balaban J connectivity index is 2.28. The molecule has 0 saturated heterocycles. The zero-order valence-electron chi connectivity index (χ0n) is 7.87. The second kappa shape index (κ2) is 2.35. The third kappa shape index (κ3) is 0.867. The van der Waals surface area contributed by atoms with Gasteiger partial charge in [0.1, 0.15) is 0 Å². The number of fused-ring (bicyclic) bond motifs is 1. The molecule has 1 heteroatoms. The van der Waals surface area contributed by atoms with Gasteiger partial charge in [-0.2, -0.15) is 10.5 Å². The highest BCUT2D eigenvalue weighted by Crippen LogP contribution is 2.53. The summed E-state index contributed by atoms with van der Waals surface area (Å²) in [5.41, 5.74) is 0. The van der Waals surface area contributed by atoms with Crippen LogP contribution in [-0.4, -0.2) is 15.9 Å². The quantitative estimate of drug-likeness (QED) is 0.490. The Morgan fingerprint density at radius 1 is 0.909 bits per heavy atom. The topological polar surface area (TPSA) is 0 Å². The van der Waals surface area contributed by atoms with Crippen molar-refractivity contribution < 1.29 is 0 Å². The molecular formula is C10H18S. The molecule has 0 spiro atoms. The van der Waals surface area contributed by atoms with E-state index in [-0.39, 0.29) is 0 Å². The minimum absolute atomic E-state index is 0.665. The SMILES string of the molecule is CC1C2C=S(C1C)C(C)C2C. The van der Waals surface area contributed by atoms with Gasteiger partial charge in [-0.3, -0.25) is 0 Å². The summed E-state index contributed by atoms with van der Waals surface area (Å²) in [5.74, 6) is 2.87. The van der Waals surface area contributed by atoms with E-state index in [2.05, 4.69) is 33.1 Å². The van der Waals surface area contributed by atoms with Gasteiger partial charge in [0.15, 0.2) is 0 Å². The van der Waals surface area contributed by atoms with E-state index in [1.165, 1.54) is 0 Å². The van der Waals surface area contributed by atoms with Gasteiger partial charge in [0.2, 0.25) is 0 Å². The Morgan fingerprint density at radius 2 is 1.36 bits per heavy atom. The Kier molecular flexibility index (Phi) is 1.68. The van der Waals surface area contributed by atoms with Crippen molar-refractivity contribution in [3.63, 3.8) is 0 Å². The highest BCUT2D eigenvalue weighted by Gasteiger charge is 2.44. The van der Waals surface area contributed by atoms with Gasteiger partial charge in [0, 0.05) is 10.5 Å². The van der Waals surface area contributed by atoms with E-state index < -0.39 is 0 Å². The molecule has 0 aromatic heterocycles. The molecule has 2 aliphatic rings. The highest BCUT2D eigenvalue weighted by atomic mass is 32.2. The molecule has 0 amide bonds. The van der Waals surface area contributed by atoms with Crippen LogP contribution in [0.5, 0.6) is 0 Å². The van der Waals surface area contributed by atoms with Gasteiger partial charge in [0.25, 0.3) is 0 Å². The monoisotopic (exact) mass is 170 g/mol. The molecule has 11 heavy (non-hydrogen) atoms. The fourth-order valence-corrected chi connectivity index (χ4v) is 6.00. The van der Waals surface area contributed by atoms with E-state index in [0.717, 1.165) is 28.3 Å². The van der Waals surface area contributed by atoms with Crippen LogP contribution < -0.4 is 0 Å². The van der Waals surface area contributed by atoms with E-state index in [1.54, 1.807) is 0 Å². The number of hydrogen-bond donors (Lipinski definition) is 0. The molecule has 0 fully saturated rings. The summed E-state index contributed by atoms with van der Waals surface area (Å²) in [5, 5.41) is 4.61. The summed E-state index contributed by atoms with van der Waals surface area (Å²) in [7, 11) is 0.665. The van der Waals surface area contributed by atoms with Crippen molar-refractivity contribution in [2.24, 2.45) is 17.8 Å². The van der Waals surface area contributed by atoms with Gasteiger partial charge in [-0.15, -0.1) is 0 Å². The summed E-state index contributed by atoms with van der Waals surface area (Å²) in [6, 6.07) is 0. The molecule has 0 N–H and O–H groups in total. The summed E-state index contributed by atoms with van der Waals surface area (Å²) in [4.78, 5) is 0. The molecule has 0 nitrogen and oxygen atoms in total. The van der Waals surface area contributed by atoms with E-state index in [9.17, 15) is 0 Å². The third-order valence-electron chi connectivity index (χ3n) is 3.87. The van der Waals surface area contributed by atoms with Gasteiger partial charge in [0.05, 0.1) is 0 Å². The van der Waals surface area contributed by atoms with E-state index in [0.29, 0.717) is 10.5 Å². The molecule has 4 atom stereocenters. The lowest BCUT2D eigenvalue weighted by molar-refractivity contribution is 0.334. The molecule has 2 rings (SSSR count). The lowest BCUT2D eigenvalue weighted by Gasteiger charge is -2.35. The lowest BCUT2D eigenvalue weighted by atomic mass is 9.82. The molecule has 0 aromatic rings. The fraction of sp³-hybridized carbons (Fsp3) is 0.900. The molecule has 0 aliphatic carbocycles. The Labute approximate surface area is 72.3 Å². The van der Waals surface area contributed by atoms with Gasteiger partial charge in [-0.05, 0) is 17.8 Å². The number of hydrogen-bond acceptors (Lipinski definition) is 0. The maximum absolute atomic E-state index is 2.66. The summed E-state index contributed by atoms with van der Waals surface area (Å²) in [6.45, 7) is 9.74. The van der Waals surface area contributed by atoms with Crippen LogP contribution in [0, 0.1) is 17.8 Å². The largest absolute Gasteiger partial charge is 0.183 e. The molecular weight excluding hydrogens is 152 g/mol. The Morgan fingerprint density at radius 3 is 1.64 bits per heavy atom. The third-order valence-corrected chi connectivity index (χ3v) is 7.07. The van der Waals surface area contributed by atoms with Crippen molar-refractivity contribution in [2.45, 2.75) is 38.2 Å². The van der Waals surface area contributed by atoms with Crippen molar-refractivity contribution in [3.8, 4) is 0 Å². The fourth-order valence-electron chi connectivity index (χ4n) is 2.62. The van der Waals surface area contributed by atoms with Gasteiger partial charge in [-0.25, -0.2) is 0 Å². The van der Waals surface area contributed by atoms with Crippen molar-refractivity contribution >= 4 is 15.9 Å². The first-order valence-corrected chi connectivity index (χ1v) is 6.10. The second-order valence-corrected chi connectivity index (χ2v) is 6.83.